The summed E-state index contributed by atoms with van der Waals surface area (Å²) < 4.78 is 0. The molecule has 0 bridgehead atoms. The smallest absolute Gasteiger partial charge is 0.134 e. The van der Waals surface area contributed by atoms with Gasteiger partial charge in [-0.25, -0.2) is 0 Å². The summed E-state index contributed by atoms with van der Waals surface area (Å²) in [6, 6.07) is 0. The van der Waals surface area contributed by atoms with E-state index in [2.05, 4.69) is 36.8 Å². The molecule has 0 heterocycles. The van der Waals surface area contributed by atoms with Gasteiger partial charge in [0.1, 0.15) is 12.2 Å². The van der Waals surface area contributed by atoms with E-state index in [-0.39, 0.29) is 0 Å². The van der Waals surface area contributed by atoms with Gasteiger partial charge in [-0.3, -0.25) is 0 Å². The van der Waals surface area contributed by atoms with Crippen LogP contribution in [0.15, 0.2) is 37.5 Å². The number of rotatable bonds is 6. The molecule has 0 saturated carbocycles. The highest BCUT2D eigenvalue weighted by Crippen LogP contribution is 1.97. The number of allylic oxidation sites excluding steroid dienone is 2. The Morgan fingerprint density at radius 3 is 2.24 bits per heavy atom. The normalized spacial score (nSPS) is 12.8. The molecule has 0 aliphatic carbocycles. The van der Waals surface area contributed by atoms with Crippen LogP contribution in [0.25, 0.3) is 0 Å². The molecule has 0 saturated heterocycles. The lowest BCUT2D eigenvalue weighted by Gasteiger charge is -1.93. The predicted molar refractivity (Wildman–Crippen MR) is 71.0 cm³/mol. The Morgan fingerprint density at radius 2 is 1.65 bits per heavy atom. The van der Waals surface area contributed by atoms with Crippen LogP contribution in [0.2, 0.25) is 0 Å². The van der Waals surface area contributed by atoms with Gasteiger partial charge in [-0.15, -0.1) is 6.58 Å². The SMILES string of the molecule is C=CCCCC=CC(O)C#CC#CC(O)C=C. The monoisotopic (exact) mass is 230 g/mol. The van der Waals surface area contributed by atoms with E-state index in [0.29, 0.717) is 0 Å². The van der Waals surface area contributed by atoms with Crippen molar-refractivity contribution in [2.24, 2.45) is 0 Å². The first-order valence-corrected chi connectivity index (χ1v) is 5.48. The van der Waals surface area contributed by atoms with Crippen LogP contribution in [0.5, 0.6) is 0 Å². The minimum Gasteiger partial charge on any atom is -0.377 e. The van der Waals surface area contributed by atoms with Crippen molar-refractivity contribution in [3.05, 3.63) is 37.5 Å². The molecule has 0 fully saturated rings. The molecule has 2 heteroatoms. The summed E-state index contributed by atoms with van der Waals surface area (Å²) in [7, 11) is 0. The third-order valence-corrected chi connectivity index (χ3v) is 1.82. The number of unbranched alkanes of at least 4 members (excludes halogenated alkanes) is 2. The number of hydrogen-bond donors (Lipinski definition) is 2. The molecule has 0 radical (unpaired) electrons. The molecule has 90 valence electrons. The van der Waals surface area contributed by atoms with E-state index in [1.807, 2.05) is 12.2 Å². The van der Waals surface area contributed by atoms with Gasteiger partial charge in [0.05, 0.1) is 0 Å². The molecule has 0 aromatic rings. The Morgan fingerprint density at radius 1 is 1.00 bits per heavy atom. The summed E-state index contributed by atoms with van der Waals surface area (Å²) in [6.07, 6.45) is 7.89. The minimum absolute atomic E-state index is 0.811. The quantitative estimate of drug-likeness (QED) is 0.415. The molecule has 0 aromatic heterocycles. The van der Waals surface area contributed by atoms with E-state index in [0.717, 1.165) is 19.3 Å². The van der Waals surface area contributed by atoms with Gasteiger partial charge >= 0.3 is 0 Å². The fourth-order valence-corrected chi connectivity index (χ4v) is 0.932. The third-order valence-electron chi connectivity index (χ3n) is 1.82. The Labute approximate surface area is 103 Å². The zero-order valence-corrected chi connectivity index (χ0v) is 9.89. The van der Waals surface area contributed by atoms with Gasteiger partial charge in [-0.2, -0.15) is 0 Å². The molecule has 0 aliphatic rings. The van der Waals surface area contributed by atoms with E-state index in [1.165, 1.54) is 6.08 Å². The molecular formula is C15H18O2. The summed E-state index contributed by atoms with van der Waals surface area (Å²) in [5.41, 5.74) is 0. The molecule has 0 rings (SSSR count). The molecule has 0 aliphatic heterocycles. The summed E-state index contributed by atoms with van der Waals surface area (Å²) in [4.78, 5) is 0. The molecule has 0 amide bonds. The van der Waals surface area contributed by atoms with Gasteiger partial charge in [-0.1, -0.05) is 36.6 Å². The van der Waals surface area contributed by atoms with Crippen molar-refractivity contribution in [1.29, 1.82) is 0 Å². The van der Waals surface area contributed by atoms with Crippen molar-refractivity contribution in [2.45, 2.75) is 31.5 Å². The summed E-state index contributed by atoms with van der Waals surface area (Å²) in [6.45, 7) is 7.00. The molecule has 0 aromatic carbocycles. The number of aliphatic hydroxyl groups excluding tert-OH is 2. The van der Waals surface area contributed by atoms with Gasteiger partial charge in [0.25, 0.3) is 0 Å². The van der Waals surface area contributed by atoms with E-state index in [1.54, 1.807) is 6.08 Å². The zero-order chi connectivity index (χ0) is 12.9. The Balaban J connectivity index is 3.95. The largest absolute Gasteiger partial charge is 0.377 e. The lowest BCUT2D eigenvalue weighted by atomic mass is 10.2. The highest BCUT2D eigenvalue weighted by molar-refractivity contribution is 5.31. The predicted octanol–water partition coefficient (Wildman–Crippen LogP) is 1.81. The third kappa shape index (κ3) is 10.5. The maximum Gasteiger partial charge on any atom is 0.134 e. The first-order valence-electron chi connectivity index (χ1n) is 5.48. The van der Waals surface area contributed by atoms with Crippen molar-refractivity contribution in [2.75, 3.05) is 0 Å². The lowest BCUT2D eigenvalue weighted by molar-refractivity contribution is 0.280. The highest BCUT2D eigenvalue weighted by Gasteiger charge is 1.89. The van der Waals surface area contributed by atoms with Crippen molar-refractivity contribution in [1.82, 2.24) is 0 Å². The molecule has 2 N–H and O–H groups in total. The average Bonchev–Trinajstić information content (AvgIpc) is 2.34. The van der Waals surface area contributed by atoms with Crippen molar-refractivity contribution in [3.8, 4) is 23.7 Å². The van der Waals surface area contributed by atoms with Crippen LogP contribution in [0.3, 0.4) is 0 Å². The first-order chi connectivity index (χ1) is 8.20. The van der Waals surface area contributed by atoms with Gasteiger partial charge in [0, 0.05) is 0 Å². The molecule has 0 spiro atoms. The van der Waals surface area contributed by atoms with Crippen LogP contribution in [0.1, 0.15) is 19.3 Å². The fourth-order valence-electron chi connectivity index (χ4n) is 0.932. The second kappa shape index (κ2) is 10.8. The van der Waals surface area contributed by atoms with Crippen LogP contribution in [0, 0.1) is 23.7 Å². The van der Waals surface area contributed by atoms with Crippen LogP contribution in [-0.2, 0) is 0 Å². The van der Waals surface area contributed by atoms with Gasteiger partial charge < -0.3 is 10.2 Å². The first kappa shape index (κ1) is 15.3. The summed E-state index contributed by atoms with van der Waals surface area (Å²) in [5.74, 6) is 9.88. The van der Waals surface area contributed by atoms with E-state index in [4.69, 9.17) is 5.11 Å². The number of hydrogen-bond acceptors (Lipinski definition) is 2. The molecule has 2 unspecified atom stereocenters. The summed E-state index contributed by atoms with van der Waals surface area (Å²) in [5, 5.41) is 18.4. The van der Waals surface area contributed by atoms with Gasteiger partial charge in [0.2, 0.25) is 0 Å². The average molecular weight is 230 g/mol. The molecule has 2 nitrogen and oxygen atoms in total. The highest BCUT2D eigenvalue weighted by atomic mass is 16.3. The van der Waals surface area contributed by atoms with E-state index in [9.17, 15) is 5.11 Å². The minimum atomic E-state index is -0.865. The Bertz CT molecular complexity index is 371. The van der Waals surface area contributed by atoms with Crippen molar-refractivity contribution < 1.29 is 10.2 Å². The van der Waals surface area contributed by atoms with E-state index < -0.39 is 12.2 Å². The fraction of sp³-hybridized carbons (Fsp3) is 0.333. The Kier molecular flexibility index (Phi) is 9.67. The maximum absolute atomic E-state index is 9.40. The Hall–Kier alpha value is -1.74. The molecule has 2 atom stereocenters. The van der Waals surface area contributed by atoms with Gasteiger partial charge in [0.15, 0.2) is 0 Å². The van der Waals surface area contributed by atoms with Crippen LogP contribution >= 0.6 is 0 Å². The second-order valence-electron chi connectivity index (χ2n) is 3.31. The van der Waals surface area contributed by atoms with E-state index >= 15 is 0 Å². The lowest BCUT2D eigenvalue weighted by Crippen LogP contribution is -1.97. The standard InChI is InChI=1S/C15H18O2/c1-3-5-6-7-8-12-15(17)13-10-9-11-14(16)4-2/h3-4,8,12,14-17H,1-2,5-7H2. The molecule has 17 heavy (non-hydrogen) atoms. The number of aliphatic hydroxyl groups is 2. The van der Waals surface area contributed by atoms with Crippen LogP contribution < -0.4 is 0 Å². The maximum atomic E-state index is 9.40. The molecular weight excluding hydrogens is 212 g/mol. The van der Waals surface area contributed by atoms with Crippen molar-refractivity contribution >= 4 is 0 Å². The summed E-state index contributed by atoms with van der Waals surface area (Å²) >= 11 is 0. The second-order valence-corrected chi connectivity index (χ2v) is 3.31. The van der Waals surface area contributed by atoms with Crippen molar-refractivity contribution in [3.63, 3.8) is 0 Å². The topological polar surface area (TPSA) is 40.5 Å². The zero-order valence-electron chi connectivity index (χ0n) is 9.89. The van der Waals surface area contributed by atoms with Crippen LogP contribution in [0.4, 0.5) is 0 Å². The van der Waals surface area contributed by atoms with Gasteiger partial charge in [-0.05, 0) is 37.2 Å². The van der Waals surface area contributed by atoms with Crippen LogP contribution in [-0.4, -0.2) is 22.4 Å².